The van der Waals surface area contributed by atoms with Crippen molar-refractivity contribution in [1.82, 2.24) is 9.62 Å². The minimum atomic E-state index is -4.32. The maximum Gasteiger partial charge on any atom is 0.246 e. The fraction of sp³-hybridized carbons (Fsp3) is 0.353. The molecule has 2 heterocycles. The van der Waals surface area contributed by atoms with Crippen LogP contribution in [-0.2, 0) is 21.4 Å². The molecule has 0 unspecified atom stereocenters. The minimum Gasteiger partial charge on any atom is -0.467 e. The Hall–Kier alpha value is -2.33. The molecule has 1 aromatic heterocycles. The Morgan fingerprint density at radius 2 is 1.85 bits per heavy atom. The Kier molecular flexibility index (Phi) is 5.56. The van der Waals surface area contributed by atoms with Crippen molar-refractivity contribution in [2.45, 2.75) is 24.3 Å². The number of carbonyl (C=O) groups is 1. The number of amides is 1. The quantitative estimate of drug-likeness (QED) is 0.779. The van der Waals surface area contributed by atoms with E-state index in [-0.39, 0.29) is 38.4 Å². The van der Waals surface area contributed by atoms with Crippen molar-refractivity contribution in [2.75, 3.05) is 13.1 Å². The third-order valence-electron chi connectivity index (χ3n) is 4.46. The fourth-order valence-corrected chi connectivity index (χ4v) is 4.46. The molecule has 1 amide bonds. The molecule has 27 heavy (non-hydrogen) atoms. The van der Waals surface area contributed by atoms with Crippen LogP contribution in [-0.4, -0.2) is 31.7 Å². The highest BCUT2D eigenvalue weighted by Crippen LogP contribution is 2.27. The van der Waals surface area contributed by atoms with E-state index in [0.29, 0.717) is 17.9 Å². The third-order valence-corrected chi connectivity index (χ3v) is 6.38. The number of piperidine rings is 1. The molecule has 1 aromatic carbocycles. The molecule has 1 saturated heterocycles. The standard InChI is InChI=1S/C17H17F3N2O4S/c18-13-3-4-14(16(20)15(13)19)27(24,25)22-7-5-11(6-8-22)17(23)21-10-12-2-1-9-26-12/h1-4,9,11H,5-8,10H2,(H,21,23). The van der Waals surface area contributed by atoms with Gasteiger partial charge in [-0.25, -0.2) is 21.6 Å². The number of carbonyl (C=O) groups excluding carboxylic acids is 1. The molecule has 3 rings (SSSR count). The molecule has 0 spiro atoms. The van der Waals surface area contributed by atoms with Crippen LogP contribution in [0.25, 0.3) is 0 Å². The molecule has 2 aromatic rings. The molecular formula is C17H17F3N2O4S. The Bertz CT molecular complexity index is 924. The average molecular weight is 402 g/mol. The molecule has 1 aliphatic heterocycles. The number of furan rings is 1. The van der Waals surface area contributed by atoms with Crippen molar-refractivity contribution in [1.29, 1.82) is 0 Å². The molecule has 0 saturated carbocycles. The number of halogens is 3. The van der Waals surface area contributed by atoms with E-state index in [1.54, 1.807) is 12.1 Å². The second-order valence-corrected chi connectivity index (χ2v) is 8.06. The van der Waals surface area contributed by atoms with Gasteiger partial charge in [0.1, 0.15) is 10.7 Å². The first-order valence-electron chi connectivity index (χ1n) is 8.24. The van der Waals surface area contributed by atoms with Crippen molar-refractivity contribution in [3.05, 3.63) is 53.7 Å². The Labute approximate surface area is 154 Å². The van der Waals surface area contributed by atoms with E-state index in [0.717, 1.165) is 4.31 Å². The van der Waals surface area contributed by atoms with Gasteiger partial charge < -0.3 is 9.73 Å². The summed E-state index contributed by atoms with van der Waals surface area (Å²) >= 11 is 0. The lowest BCUT2D eigenvalue weighted by molar-refractivity contribution is -0.126. The van der Waals surface area contributed by atoms with Crippen LogP contribution in [0.3, 0.4) is 0 Å². The molecule has 6 nitrogen and oxygen atoms in total. The lowest BCUT2D eigenvalue weighted by Gasteiger charge is -2.30. The number of nitrogens with zero attached hydrogens (tertiary/aromatic N) is 1. The zero-order valence-corrected chi connectivity index (χ0v) is 14.9. The number of sulfonamides is 1. The van der Waals surface area contributed by atoms with Crippen LogP contribution in [0.4, 0.5) is 13.2 Å². The first kappa shape index (κ1) is 19.4. The molecule has 0 atom stereocenters. The summed E-state index contributed by atoms with van der Waals surface area (Å²) in [5.41, 5.74) is 0. The van der Waals surface area contributed by atoms with Crippen LogP contribution >= 0.6 is 0 Å². The molecule has 1 N–H and O–H groups in total. The van der Waals surface area contributed by atoms with E-state index in [2.05, 4.69) is 5.32 Å². The zero-order valence-electron chi connectivity index (χ0n) is 14.1. The summed E-state index contributed by atoms with van der Waals surface area (Å²) in [6, 6.07) is 4.68. The van der Waals surface area contributed by atoms with Gasteiger partial charge in [0.15, 0.2) is 17.5 Å². The topological polar surface area (TPSA) is 79.6 Å². The van der Waals surface area contributed by atoms with Gasteiger partial charge in [-0.05, 0) is 37.1 Å². The van der Waals surface area contributed by atoms with Gasteiger partial charge in [-0.1, -0.05) is 0 Å². The summed E-state index contributed by atoms with van der Waals surface area (Å²) < 4.78 is 71.4. The second kappa shape index (κ2) is 7.73. The molecule has 1 aliphatic rings. The molecule has 0 aliphatic carbocycles. The van der Waals surface area contributed by atoms with E-state index >= 15 is 0 Å². The van der Waals surface area contributed by atoms with Crippen LogP contribution in [0.2, 0.25) is 0 Å². The van der Waals surface area contributed by atoms with Gasteiger partial charge in [0.2, 0.25) is 15.9 Å². The molecule has 1 fully saturated rings. The average Bonchev–Trinajstić information content (AvgIpc) is 3.17. The molecule has 10 heteroatoms. The van der Waals surface area contributed by atoms with Crippen LogP contribution in [0, 0.1) is 23.4 Å². The predicted octanol–water partition coefficient (Wildman–Crippen LogP) is 2.41. The van der Waals surface area contributed by atoms with Gasteiger partial charge in [-0.2, -0.15) is 4.31 Å². The van der Waals surface area contributed by atoms with Gasteiger partial charge in [-0.3, -0.25) is 4.79 Å². The number of hydrogen-bond acceptors (Lipinski definition) is 4. The Balaban J connectivity index is 1.63. The summed E-state index contributed by atoms with van der Waals surface area (Å²) in [7, 11) is -4.32. The van der Waals surface area contributed by atoms with Crippen molar-refractivity contribution < 1.29 is 30.8 Å². The molecule has 146 valence electrons. The molecule has 0 radical (unpaired) electrons. The number of rotatable bonds is 5. The number of nitrogens with one attached hydrogen (secondary N) is 1. The maximum atomic E-state index is 13.9. The predicted molar refractivity (Wildman–Crippen MR) is 88.4 cm³/mol. The number of hydrogen-bond donors (Lipinski definition) is 1. The highest BCUT2D eigenvalue weighted by molar-refractivity contribution is 7.89. The monoisotopic (exact) mass is 402 g/mol. The summed E-state index contributed by atoms with van der Waals surface area (Å²) in [6.07, 6.45) is 1.95. The van der Waals surface area contributed by atoms with Crippen molar-refractivity contribution in [3.63, 3.8) is 0 Å². The second-order valence-electron chi connectivity index (χ2n) is 6.15. The fourth-order valence-electron chi connectivity index (χ4n) is 2.94. The van der Waals surface area contributed by atoms with E-state index in [1.807, 2.05) is 0 Å². The number of benzene rings is 1. The van der Waals surface area contributed by atoms with Crippen LogP contribution in [0.5, 0.6) is 0 Å². The highest BCUT2D eigenvalue weighted by Gasteiger charge is 2.34. The first-order chi connectivity index (χ1) is 12.8. The van der Waals surface area contributed by atoms with Crippen LogP contribution < -0.4 is 5.32 Å². The van der Waals surface area contributed by atoms with Crippen molar-refractivity contribution >= 4 is 15.9 Å². The summed E-state index contributed by atoms with van der Waals surface area (Å²) in [4.78, 5) is 11.3. The Morgan fingerprint density at radius 3 is 2.48 bits per heavy atom. The SMILES string of the molecule is O=C(NCc1ccco1)C1CCN(S(=O)(=O)c2ccc(F)c(F)c2F)CC1. The van der Waals surface area contributed by atoms with E-state index in [9.17, 15) is 26.4 Å². The smallest absolute Gasteiger partial charge is 0.246 e. The first-order valence-corrected chi connectivity index (χ1v) is 9.68. The van der Waals surface area contributed by atoms with Gasteiger partial charge >= 0.3 is 0 Å². The summed E-state index contributed by atoms with van der Waals surface area (Å²) in [6.45, 7) is 0.170. The van der Waals surface area contributed by atoms with E-state index < -0.39 is 38.3 Å². The van der Waals surface area contributed by atoms with Crippen molar-refractivity contribution in [2.24, 2.45) is 5.92 Å². The largest absolute Gasteiger partial charge is 0.467 e. The van der Waals surface area contributed by atoms with E-state index in [1.165, 1.54) is 6.26 Å². The molecule has 0 bridgehead atoms. The lowest BCUT2D eigenvalue weighted by atomic mass is 9.97. The summed E-state index contributed by atoms with van der Waals surface area (Å²) in [5, 5.41) is 2.71. The van der Waals surface area contributed by atoms with Gasteiger partial charge in [0, 0.05) is 19.0 Å². The van der Waals surface area contributed by atoms with E-state index in [4.69, 9.17) is 4.42 Å². The lowest BCUT2D eigenvalue weighted by Crippen LogP contribution is -2.43. The van der Waals surface area contributed by atoms with Crippen LogP contribution in [0.1, 0.15) is 18.6 Å². The van der Waals surface area contributed by atoms with Gasteiger partial charge in [-0.15, -0.1) is 0 Å². The zero-order chi connectivity index (χ0) is 19.6. The summed E-state index contributed by atoms with van der Waals surface area (Å²) in [5.74, 6) is -5.07. The Morgan fingerprint density at radius 1 is 1.15 bits per heavy atom. The van der Waals surface area contributed by atoms with Gasteiger partial charge in [0.25, 0.3) is 0 Å². The maximum absolute atomic E-state index is 13.9. The molecular weight excluding hydrogens is 385 g/mol. The van der Waals surface area contributed by atoms with Crippen LogP contribution in [0.15, 0.2) is 39.8 Å². The normalized spacial score (nSPS) is 16.4. The highest BCUT2D eigenvalue weighted by atomic mass is 32.2. The van der Waals surface area contributed by atoms with Gasteiger partial charge in [0.05, 0.1) is 12.8 Å². The van der Waals surface area contributed by atoms with Crippen molar-refractivity contribution in [3.8, 4) is 0 Å². The third kappa shape index (κ3) is 4.01. The minimum absolute atomic E-state index is 0.0282.